The Bertz CT molecular complexity index is 2740. The molecule has 0 fully saturated rings. The lowest BCUT2D eigenvalue weighted by Crippen LogP contribution is -2.52. The number of carboxylic acids is 2. The second-order valence-electron chi connectivity index (χ2n) is 12.8. The van der Waals surface area contributed by atoms with Gasteiger partial charge in [-0.1, -0.05) is 24.3 Å². The van der Waals surface area contributed by atoms with Crippen LogP contribution in [-0.2, 0) is 39.4 Å². The molecule has 0 unspecified atom stereocenters. The SMILES string of the molecule is CSC[C@H](NC(=O)CC[C@H](N)C(=O)O)C(=O)N(CC(=O)O)c1nc(Cl)nc(Nc2ccc(Nc3cc(S(=O)(=O)O)c(N)c4c3C(=O)c3ccccc3C4=O)cc2S(=O)(=O)O)n1. The minimum Gasteiger partial charge on any atom is -0.480 e. The molecule has 1 aliphatic carbocycles. The summed E-state index contributed by atoms with van der Waals surface area (Å²) in [6.07, 6.45) is 0.888. The smallest absolute Gasteiger partial charge is 0.323 e. The molecule has 0 spiro atoms. The zero-order valence-corrected chi connectivity index (χ0v) is 34.2. The number of carboxylic acid groups (broad SMARTS) is 2. The summed E-state index contributed by atoms with van der Waals surface area (Å²) in [7, 11) is -10.3. The third kappa shape index (κ3) is 10.4. The Kier molecular flexibility index (Phi) is 13.6. The minimum atomic E-state index is -5.20. The standard InChI is InChI=1S/C34H32ClN9O14S3/c1-59-13-20(39-23(45)9-7-17(36)31(51)52)30(50)44(12-24(46)47)34-42-32(35)41-33(43-34)40-18-8-6-14(10-21(18)60(53,54)55)38-19-11-22(61(56,57)58)27(37)26-25(19)28(48)15-4-2-3-5-16(15)29(26)49/h2-6,8,10-11,17,20,38H,7,9,12-13,36-37H2,1H3,(H,39,45)(H,46,47)(H,51,52)(H,53,54,55)(H,56,57,58)(H,40,41,42,43)/t17-,20-/m0/s1. The summed E-state index contributed by atoms with van der Waals surface area (Å²) in [6.45, 7) is -1.09. The molecule has 1 heterocycles. The first-order valence-corrected chi connectivity index (χ1v) is 21.7. The molecule has 1 aromatic heterocycles. The van der Waals surface area contributed by atoms with Gasteiger partial charge in [-0.2, -0.15) is 43.5 Å². The second-order valence-corrected chi connectivity index (χ2v) is 16.8. The van der Waals surface area contributed by atoms with E-state index in [0.717, 1.165) is 36.0 Å². The van der Waals surface area contributed by atoms with Gasteiger partial charge in [0.05, 0.1) is 28.2 Å². The van der Waals surface area contributed by atoms with E-state index in [9.17, 15) is 59.8 Å². The van der Waals surface area contributed by atoms with Gasteiger partial charge in [-0.25, -0.2) is 0 Å². The Balaban J connectivity index is 1.52. The number of nitrogens with zero attached hydrogens (tertiary/aromatic N) is 4. The summed E-state index contributed by atoms with van der Waals surface area (Å²) in [5, 5.41) is 25.5. The molecule has 0 bridgehead atoms. The largest absolute Gasteiger partial charge is 0.480 e. The van der Waals surface area contributed by atoms with Gasteiger partial charge in [0.1, 0.15) is 28.4 Å². The van der Waals surface area contributed by atoms with Crippen molar-refractivity contribution in [2.24, 2.45) is 5.73 Å². The molecule has 2 amide bonds. The van der Waals surface area contributed by atoms with Gasteiger partial charge >= 0.3 is 11.9 Å². The quantitative estimate of drug-likeness (QED) is 0.0469. The first-order valence-electron chi connectivity index (χ1n) is 17.0. The van der Waals surface area contributed by atoms with Gasteiger partial charge in [-0.05, 0) is 48.5 Å². The first kappa shape index (κ1) is 45.8. The average molecular weight is 922 g/mol. The van der Waals surface area contributed by atoms with E-state index in [4.69, 9.17) is 28.2 Å². The molecule has 0 saturated heterocycles. The molecular weight excluding hydrogens is 890 g/mol. The van der Waals surface area contributed by atoms with E-state index in [-0.39, 0.29) is 29.0 Å². The maximum Gasteiger partial charge on any atom is 0.323 e. The van der Waals surface area contributed by atoms with Crippen molar-refractivity contribution in [3.05, 3.63) is 76.1 Å². The highest BCUT2D eigenvalue weighted by Gasteiger charge is 2.37. The van der Waals surface area contributed by atoms with Crippen molar-refractivity contribution < 1.29 is 64.9 Å². The average Bonchev–Trinajstić information content (AvgIpc) is 3.17. The van der Waals surface area contributed by atoms with Crippen LogP contribution in [0.3, 0.4) is 0 Å². The van der Waals surface area contributed by atoms with Crippen molar-refractivity contribution in [2.75, 3.05) is 39.8 Å². The van der Waals surface area contributed by atoms with Crippen LogP contribution in [0, 0.1) is 0 Å². The fourth-order valence-electron chi connectivity index (χ4n) is 5.90. The molecule has 61 heavy (non-hydrogen) atoms. The number of nitrogens with one attached hydrogen (secondary N) is 3. The van der Waals surface area contributed by atoms with Gasteiger partial charge < -0.3 is 37.6 Å². The number of fused-ring (bicyclic) bond motifs is 2. The van der Waals surface area contributed by atoms with Crippen LogP contribution in [0.15, 0.2) is 58.3 Å². The predicted octanol–water partition coefficient (Wildman–Crippen LogP) is 1.32. The number of aliphatic carboxylic acids is 2. The summed E-state index contributed by atoms with van der Waals surface area (Å²) in [4.78, 5) is 86.9. The van der Waals surface area contributed by atoms with E-state index in [1.807, 2.05) is 0 Å². The highest BCUT2D eigenvalue weighted by molar-refractivity contribution is 7.98. The topological polar surface area (TPSA) is 382 Å². The molecule has 2 atom stereocenters. The number of nitrogen functional groups attached to an aromatic ring is 1. The summed E-state index contributed by atoms with van der Waals surface area (Å²) >= 11 is 7.20. The number of halogens is 1. The molecule has 5 rings (SSSR count). The number of hydrogen-bond acceptors (Lipinski definition) is 18. The van der Waals surface area contributed by atoms with Gasteiger partial charge in [-0.15, -0.1) is 0 Å². The highest BCUT2D eigenvalue weighted by atomic mass is 35.5. The first-order chi connectivity index (χ1) is 28.5. The molecule has 322 valence electrons. The van der Waals surface area contributed by atoms with Crippen LogP contribution in [0.2, 0.25) is 5.28 Å². The van der Waals surface area contributed by atoms with Crippen molar-refractivity contribution in [2.45, 2.75) is 34.7 Å². The number of carbonyl (C=O) groups is 6. The molecule has 3 aromatic carbocycles. The normalized spacial score (nSPS) is 13.3. The molecule has 27 heteroatoms. The third-order valence-corrected chi connectivity index (χ3v) is 11.2. The van der Waals surface area contributed by atoms with E-state index in [0.29, 0.717) is 4.90 Å². The van der Waals surface area contributed by atoms with Gasteiger partial charge in [-0.3, -0.25) is 42.8 Å². The summed E-state index contributed by atoms with van der Waals surface area (Å²) in [6, 6.07) is 6.53. The lowest BCUT2D eigenvalue weighted by atomic mass is 9.82. The molecule has 0 aliphatic heterocycles. The number of aromatic nitrogens is 3. The maximum absolute atomic E-state index is 13.7. The Labute approximate surface area is 353 Å². The van der Waals surface area contributed by atoms with Crippen LogP contribution in [0.1, 0.15) is 44.7 Å². The lowest BCUT2D eigenvalue weighted by Gasteiger charge is -2.25. The van der Waals surface area contributed by atoms with E-state index in [1.165, 1.54) is 24.3 Å². The summed E-state index contributed by atoms with van der Waals surface area (Å²) in [5.74, 6) is -7.82. The number of carbonyl (C=O) groups excluding carboxylic acids is 4. The van der Waals surface area contributed by atoms with Crippen LogP contribution >= 0.6 is 23.4 Å². The van der Waals surface area contributed by atoms with Crippen LogP contribution in [0.25, 0.3) is 0 Å². The van der Waals surface area contributed by atoms with Crippen molar-refractivity contribution in [1.29, 1.82) is 0 Å². The van der Waals surface area contributed by atoms with Crippen molar-refractivity contribution in [3.63, 3.8) is 0 Å². The van der Waals surface area contributed by atoms with Crippen molar-refractivity contribution in [1.82, 2.24) is 20.3 Å². The second kappa shape index (κ2) is 18.1. The number of rotatable bonds is 17. The molecule has 11 N–H and O–H groups in total. The van der Waals surface area contributed by atoms with Crippen LogP contribution in [0.5, 0.6) is 0 Å². The zero-order chi connectivity index (χ0) is 45.1. The Morgan fingerprint density at radius 1 is 0.869 bits per heavy atom. The molecule has 4 aromatic rings. The van der Waals surface area contributed by atoms with Gasteiger partial charge in [0.2, 0.25) is 23.1 Å². The molecule has 0 saturated carbocycles. The molecule has 23 nitrogen and oxygen atoms in total. The maximum atomic E-state index is 13.7. The van der Waals surface area contributed by atoms with E-state index in [2.05, 4.69) is 30.9 Å². The van der Waals surface area contributed by atoms with E-state index in [1.54, 1.807) is 6.26 Å². The van der Waals surface area contributed by atoms with Crippen molar-refractivity contribution >= 4 is 114 Å². The number of anilines is 6. The van der Waals surface area contributed by atoms with E-state index < -0.39 is 136 Å². The van der Waals surface area contributed by atoms with Crippen LogP contribution in [0.4, 0.5) is 34.6 Å². The Morgan fingerprint density at radius 2 is 1.49 bits per heavy atom. The summed E-state index contributed by atoms with van der Waals surface area (Å²) in [5.41, 5.74) is 8.46. The zero-order valence-electron chi connectivity index (χ0n) is 31.0. The fraction of sp³-hybridized carbons (Fsp3) is 0.206. The fourth-order valence-corrected chi connectivity index (χ4v) is 7.94. The Morgan fingerprint density at radius 3 is 2.07 bits per heavy atom. The predicted molar refractivity (Wildman–Crippen MR) is 217 cm³/mol. The lowest BCUT2D eigenvalue weighted by molar-refractivity contribution is -0.139. The third-order valence-electron chi connectivity index (χ3n) is 8.63. The number of thioether (sulfide) groups is 1. The molecule has 1 aliphatic rings. The van der Waals surface area contributed by atoms with Crippen LogP contribution < -0.4 is 32.3 Å². The van der Waals surface area contributed by atoms with Gasteiger partial charge in [0, 0.05) is 29.0 Å². The number of hydrogen-bond donors (Lipinski definition) is 9. The number of amides is 2. The number of nitrogens with two attached hydrogens (primary N) is 2. The van der Waals surface area contributed by atoms with Gasteiger partial charge in [0.15, 0.2) is 11.6 Å². The monoisotopic (exact) mass is 921 g/mol. The number of benzene rings is 3. The summed E-state index contributed by atoms with van der Waals surface area (Å²) < 4.78 is 70.4. The highest BCUT2D eigenvalue weighted by Crippen LogP contribution is 2.40. The Hall–Kier alpha value is -6.29. The number of ketones is 2. The van der Waals surface area contributed by atoms with Crippen molar-refractivity contribution in [3.8, 4) is 0 Å². The van der Waals surface area contributed by atoms with E-state index >= 15 is 0 Å². The molecule has 0 radical (unpaired) electrons. The molecular formula is C34H32ClN9O14S3. The van der Waals surface area contributed by atoms with Gasteiger partial charge in [0.25, 0.3) is 26.1 Å². The minimum absolute atomic E-state index is 0.0676. The van der Waals surface area contributed by atoms with Crippen LogP contribution in [-0.4, -0.2) is 117 Å².